The lowest BCUT2D eigenvalue weighted by atomic mass is 10.0. The third kappa shape index (κ3) is 58.0. The SMILES string of the molecule is CCCCCCCCCCCCCCCCC(O)C(CO)NC(=O)CCCCCCCCCCCCCCCCCCCCCCCCCCCCCCCOC(=O)CCCCCCCCCCCCC. The van der Waals surface area contributed by atoms with E-state index in [-0.39, 0.29) is 18.5 Å². The number of carbonyl (C=O) groups is 2. The highest BCUT2D eigenvalue weighted by Crippen LogP contribution is 2.19. The highest BCUT2D eigenvalue weighted by Gasteiger charge is 2.20. The Morgan fingerprint density at radius 1 is 0.338 bits per heavy atom. The Labute approximate surface area is 445 Å². The Balaban J connectivity index is 3.32. The van der Waals surface area contributed by atoms with E-state index in [1.165, 1.54) is 308 Å². The first-order valence-electron chi connectivity index (χ1n) is 32.8. The normalized spacial score (nSPS) is 12.5. The van der Waals surface area contributed by atoms with E-state index in [0.29, 0.717) is 25.9 Å². The third-order valence-corrected chi connectivity index (χ3v) is 15.7. The molecule has 0 saturated carbocycles. The minimum atomic E-state index is -0.660. The van der Waals surface area contributed by atoms with Crippen LogP contribution in [0.4, 0.5) is 0 Å². The van der Waals surface area contributed by atoms with Gasteiger partial charge in [0.2, 0.25) is 5.91 Å². The molecule has 0 aromatic rings. The van der Waals surface area contributed by atoms with Crippen molar-refractivity contribution in [1.29, 1.82) is 0 Å². The smallest absolute Gasteiger partial charge is 0.305 e. The van der Waals surface area contributed by atoms with Gasteiger partial charge in [-0.1, -0.05) is 341 Å². The van der Waals surface area contributed by atoms with Crippen LogP contribution >= 0.6 is 0 Å². The van der Waals surface area contributed by atoms with Crippen LogP contribution in [0.3, 0.4) is 0 Å². The largest absolute Gasteiger partial charge is 0.466 e. The maximum atomic E-state index is 12.5. The van der Waals surface area contributed by atoms with Crippen LogP contribution in [0.2, 0.25) is 0 Å². The Hall–Kier alpha value is -1.14. The summed E-state index contributed by atoms with van der Waals surface area (Å²) in [4.78, 5) is 24.5. The monoisotopic (exact) mass is 1000 g/mol. The molecular formula is C65H129NO5. The second kappa shape index (κ2) is 61.4. The van der Waals surface area contributed by atoms with E-state index in [4.69, 9.17) is 4.74 Å². The molecule has 0 aromatic heterocycles. The van der Waals surface area contributed by atoms with Gasteiger partial charge in [-0.25, -0.2) is 0 Å². The number of hydrogen-bond acceptors (Lipinski definition) is 5. The molecule has 0 aliphatic carbocycles. The van der Waals surface area contributed by atoms with Crippen LogP contribution < -0.4 is 5.32 Å². The van der Waals surface area contributed by atoms with Gasteiger partial charge >= 0.3 is 5.97 Å². The van der Waals surface area contributed by atoms with Crippen molar-refractivity contribution in [1.82, 2.24) is 5.32 Å². The Kier molecular flexibility index (Phi) is 60.4. The summed E-state index contributed by atoms with van der Waals surface area (Å²) in [5.74, 6) is -0.00842. The fraction of sp³-hybridized carbons (Fsp3) is 0.969. The van der Waals surface area contributed by atoms with Crippen LogP contribution in [0.25, 0.3) is 0 Å². The summed E-state index contributed by atoms with van der Waals surface area (Å²) in [6.45, 7) is 4.98. The van der Waals surface area contributed by atoms with E-state index >= 15 is 0 Å². The summed E-state index contributed by atoms with van der Waals surface area (Å²) in [6, 6.07) is -0.537. The maximum Gasteiger partial charge on any atom is 0.305 e. The molecule has 0 spiro atoms. The lowest BCUT2D eigenvalue weighted by Gasteiger charge is -2.22. The third-order valence-electron chi connectivity index (χ3n) is 15.7. The maximum absolute atomic E-state index is 12.5. The van der Waals surface area contributed by atoms with E-state index in [2.05, 4.69) is 19.2 Å². The van der Waals surface area contributed by atoms with Gasteiger partial charge in [-0.05, 0) is 25.7 Å². The van der Waals surface area contributed by atoms with Gasteiger partial charge in [0.05, 0.1) is 25.4 Å². The van der Waals surface area contributed by atoms with Gasteiger partial charge in [0, 0.05) is 12.8 Å². The van der Waals surface area contributed by atoms with Crippen LogP contribution in [0, 0.1) is 0 Å². The fourth-order valence-electron chi connectivity index (χ4n) is 10.6. The zero-order chi connectivity index (χ0) is 51.4. The van der Waals surface area contributed by atoms with Crippen molar-refractivity contribution in [2.75, 3.05) is 13.2 Å². The minimum absolute atomic E-state index is 0.0200. The molecular weight excluding hydrogens is 875 g/mol. The van der Waals surface area contributed by atoms with Gasteiger partial charge < -0.3 is 20.3 Å². The molecule has 2 atom stereocenters. The van der Waals surface area contributed by atoms with Gasteiger partial charge in [-0.15, -0.1) is 0 Å². The zero-order valence-electron chi connectivity index (χ0n) is 48.5. The summed E-state index contributed by atoms with van der Waals surface area (Å²) in [5.41, 5.74) is 0. The lowest BCUT2D eigenvalue weighted by molar-refractivity contribution is -0.143. The number of hydrogen-bond donors (Lipinski definition) is 3. The topological polar surface area (TPSA) is 95.9 Å². The second-order valence-corrected chi connectivity index (χ2v) is 22.8. The number of unbranched alkanes of at least 4 members (excludes halogenated alkanes) is 51. The van der Waals surface area contributed by atoms with E-state index in [1.54, 1.807) is 0 Å². The summed E-state index contributed by atoms with van der Waals surface area (Å²) in [5, 5.41) is 23.3. The van der Waals surface area contributed by atoms with E-state index < -0.39 is 12.1 Å². The molecule has 71 heavy (non-hydrogen) atoms. The van der Waals surface area contributed by atoms with Crippen molar-refractivity contribution < 1.29 is 24.5 Å². The van der Waals surface area contributed by atoms with Crippen LogP contribution in [0.1, 0.15) is 380 Å². The van der Waals surface area contributed by atoms with Crippen LogP contribution in [-0.4, -0.2) is 47.4 Å². The molecule has 424 valence electrons. The van der Waals surface area contributed by atoms with Crippen molar-refractivity contribution in [3.05, 3.63) is 0 Å². The summed E-state index contributed by atoms with van der Waals surface area (Å²) >= 11 is 0. The number of nitrogens with one attached hydrogen (secondary N) is 1. The molecule has 0 bridgehead atoms. The number of esters is 1. The van der Waals surface area contributed by atoms with Gasteiger partial charge in [-0.3, -0.25) is 9.59 Å². The van der Waals surface area contributed by atoms with Gasteiger partial charge in [-0.2, -0.15) is 0 Å². The van der Waals surface area contributed by atoms with Crippen molar-refractivity contribution in [2.45, 2.75) is 392 Å². The molecule has 0 aliphatic rings. The van der Waals surface area contributed by atoms with Crippen molar-refractivity contribution in [3.63, 3.8) is 0 Å². The van der Waals surface area contributed by atoms with Crippen molar-refractivity contribution in [2.24, 2.45) is 0 Å². The molecule has 1 amide bonds. The molecule has 0 aromatic carbocycles. The quantitative estimate of drug-likeness (QED) is 0.0417. The second-order valence-electron chi connectivity index (χ2n) is 22.8. The predicted molar refractivity (Wildman–Crippen MR) is 310 cm³/mol. The Morgan fingerprint density at radius 3 is 0.859 bits per heavy atom. The average molecular weight is 1000 g/mol. The van der Waals surface area contributed by atoms with E-state index in [9.17, 15) is 19.8 Å². The number of aliphatic hydroxyl groups excluding tert-OH is 2. The molecule has 6 nitrogen and oxygen atoms in total. The number of aliphatic hydroxyl groups is 2. The molecule has 0 rings (SSSR count). The first kappa shape index (κ1) is 69.9. The summed E-state index contributed by atoms with van der Waals surface area (Å²) in [6.07, 6.45) is 72.8. The Morgan fingerprint density at radius 2 is 0.577 bits per heavy atom. The number of amides is 1. The number of carbonyl (C=O) groups excluding carboxylic acids is 2. The standard InChI is InChI=1S/C65H129NO5/c1-3-5-7-9-11-13-15-16-34-38-41-45-49-53-57-63(68)62(61-67)66-64(69)58-54-50-46-42-39-35-32-30-28-26-24-22-20-18-17-19-21-23-25-27-29-31-33-36-40-44-48-52-56-60-71-65(70)59-55-51-47-43-37-14-12-10-8-6-4-2/h62-63,67-68H,3-61H2,1-2H3,(H,66,69). The molecule has 0 radical (unpaired) electrons. The first-order valence-corrected chi connectivity index (χ1v) is 32.8. The predicted octanol–water partition coefficient (Wildman–Crippen LogP) is 20.6. The molecule has 0 fully saturated rings. The molecule has 2 unspecified atom stereocenters. The zero-order valence-corrected chi connectivity index (χ0v) is 48.5. The fourth-order valence-corrected chi connectivity index (χ4v) is 10.6. The van der Waals surface area contributed by atoms with Gasteiger partial charge in [0.1, 0.15) is 0 Å². The highest BCUT2D eigenvalue weighted by molar-refractivity contribution is 5.76. The highest BCUT2D eigenvalue weighted by atomic mass is 16.5. The molecule has 3 N–H and O–H groups in total. The molecule has 0 heterocycles. The average Bonchev–Trinajstić information content (AvgIpc) is 3.37. The summed E-state index contributed by atoms with van der Waals surface area (Å²) in [7, 11) is 0. The Bertz CT molecular complexity index is 1020. The molecule has 6 heteroatoms. The lowest BCUT2D eigenvalue weighted by Crippen LogP contribution is -2.45. The number of rotatable bonds is 62. The minimum Gasteiger partial charge on any atom is -0.466 e. The van der Waals surface area contributed by atoms with E-state index in [1.807, 2.05) is 0 Å². The van der Waals surface area contributed by atoms with Crippen molar-refractivity contribution >= 4 is 11.9 Å². The first-order chi connectivity index (χ1) is 35.0. The summed E-state index contributed by atoms with van der Waals surface area (Å²) < 4.78 is 5.47. The van der Waals surface area contributed by atoms with Crippen LogP contribution in [0.15, 0.2) is 0 Å². The van der Waals surface area contributed by atoms with E-state index in [0.717, 1.165) is 38.5 Å². The van der Waals surface area contributed by atoms with Crippen LogP contribution in [0.5, 0.6) is 0 Å². The van der Waals surface area contributed by atoms with Gasteiger partial charge in [0.25, 0.3) is 0 Å². The molecule has 0 aliphatic heterocycles. The van der Waals surface area contributed by atoms with Crippen molar-refractivity contribution in [3.8, 4) is 0 Å². The molecule has 0 saturated heterocycles. The van der Waals surface area contributed by atoms with Crippen LogP contribution in [-0.2, 0) is 14.3 Å². The van der Waals surface area contributed by atoms with Gasteiger partial charge in [0.15, 0.2) is 0 Å². The number of ether oxygens (including phenoxy) is 1.